The van der Waals surface area contributed by atoms with E-state index < -0.39 is 0 Å². The number of carbonyl (C=O) groups is 2. The fourth-order valence-electron chi connectivity index (χ4n) is 2.91. The first-order valence-corrected chi connectivity index (χ1v) is 10.6. The van der Waals surface area contributed by atoms with Crippen molar-refractivity contribution < 1.29 is 9.59 Å². The summed E-state index contributed by atoms with van der Waals surface area (Å²) in [4.78, 5) is 32.0. The summed E-state index contributed by atoms with van der Waals surface area (Å²) in [6.45, 7) is 0.251. The van der Waals surface area contributed by atoms with Crippen molar-refractivity contribution in [1.82, 2.24) is 15.3 Å². The number of aromatic amines is 1. The summed E-state index contributed by atoms with van der Waals surface area (Å²) < 4.78 is 0.906. The number of halogens is 1. The van der Waals surface area contributed by atoms with Crippen LogP contribution in [-0.2, 0) is 4.79 Å². The second-order valence-corrected chi connectivity index (χ2v) is 8.12. The highest BCUT2D eigenvalue weighted by molar-refractivity contribution is 9.10. The molecule has 0 aliphatic rings. The van der Waals surface area contributed by atoms with Gasteiger partial charge in [0.2, 0.25) is 5.91 Å². The van der Waals surface area contributed by atoms with Crippen molar-refractivity contribution in [2.45, 2.75) is 6.42 Å². The number of anilines is 1. The number of benzene rings is 2. The SMILES string of the molecule is O=C(CCNC(=O)c1ccc(Br)cc1)Nc1nc(-c2c[nH]c3ccccc23)cs1. The van der Waals surface area contributed by atoms with Crippen molar-refractivity contribution in [3.63, 3.8) is 0 Å². The Labute approximate surface area is 179 Å². The summed E-state index contributed by atoms with van der Waals surface area (Å²) >= 11 is 4.71. The Bertz CT molecular complexity index is 1170. The summed E-state index contributed by atoms with van der Waals surface area (Å²) in [5.41, 5.74) is 3.41. The molecule has 0 atom stereocenters. The van der Waals surface area contributed by atoms with E-state index in [0.29, 0.717) is 10.7 Å². The smallest absolute Gasteiger partial charge is 0.251 e. The molecule has 2 aromatic heterocycles. The van der Waals surface area contributed by atoms with E-state index in [1.54, 1.807) is 24.3 Å². The van der Waals surface area contributed by atoms with Crippen LogP contribution in [0.15, 0.2) is 64.6 Å². The lowest BCUT2D eigenvalue weighted by Gasteiger charge is -2.05. The van der Waals surface area contributed by atoms with Crippen LogP contribution < -0.4 is 10.6 Å². The number of hydrogen-bond acceptors (Lipinski definition) is 4. The minimum atomic E-state index is -0.207. The van der Waals surface area contributed by atoms with Gasteiger partial charge in [0.1, 0.15) is 0 Å². The fourth-order valence-corrected chi connectivity index (χ4v) is 3.90. The van der Waals surface area contributed by atoms with Crippen molar-refractivity contribution in [3.05, 3.63) is 70.1 Å². The van der Waals surface area contributed by atoms with Crippen LogP contribution in [-0.4, -0.2) is 28.3 Å². The molecular formula is C21H17BrN4O2S. The summed E-state index contributed by atoms with van der Waals surface area (Å²) in [7, 11) is 0. The van der Waals surface area contributed by atoms with Crippen LogP contribution in [0.25, 0.3) is 22.2 Å². The molecule has 0 radical (unpaired) electrons. The average Bonchev–Trinajstić information content (AvgIpc) is 3.35. The maximum atomic E-state index is 12.2. The first-order chi connectivity index (χ1) is 14.1. The van der Waals surface area contributed by atoms with Crippen molar-refractivity contribution in [1.29, 1.82) is 0 Å². The number of nitrogens with one attached hydrogen (secondary N) is 3. The van der Waals surface area contributed by atoms with E-state index >= 15 is 0 Å². The Morgan fingerprint density at radius 3 is 2.72 bits per heavy atom. The van der Waals surface area contributed by atoms with E-state index in [4.69, 9.17) is 0 Å². The van der Waals surface area contributed by atoms with Crippen LogP contribution in [0.4, 0.5) is 5.13 Å². The number of thiazole rings is 1. The third-order valence-corrected chi connectivity index (χ3v) is 5.65. The monoisotopic (exact) mass is 468 g/mol. The molecule has 0 saturated heterocycles. The lowest BCUT2D eigenvalue weighted by molar-refractivity contribution is -0.116. The molecule has 0 bridgehead atoms. The minimum absolute atomic E-state index is 0.171. The molecule has 0 unspecified atom stereocenters. The van der Waals surface area contributed by atoms with Crippen LogP contribution in [0.1, 0.15) is 16.8 Å². The largest absolute Gasteiger partial charge is 0.360 e. The van der Waals surface area contributed by atoms with E-state index in [-0.39, 0.29) is 24.8 Å². The van der Waals surface area contributed by atoms with E-state index in [9.17, 15) is 9.59 Å². The molecule has 29 heavy (non-hydrogen) atoms. The molecule has 2 amide bonds. The summed E-state index contributed by atoms with van der Waals surface area (Å²) in [6, 6.07) is 15.1. The number of para-hydroxylation sites is 1. The van der Waals surface area contributed by atoms with Gasteiger partial charge in [-0.05, 0) is 30.3 Å². The number of rotatable bonds is 6. The summed E-state index contributed by atoms with van der Waals surface area (Å²) in [5, 5.41) is 9.08. The Morgan fingerprint density at radius 1 is 1.10 bits per heavy atom. The number of amides is 2. The van der Waals surface area contributed by atoms with Gasteiger partial charge >= 0.3 is 0 Å². The second-order valence-electron chi connectivity index (χ2n) is 6.35. The molecule has 0 spiro atoms. The van der Waals surface area contributed by atoms with Gasteiger partial charge < -0.3 is 15.6 Å². The Hall–Kier alpha value is -2.97. The quantitative estimate of drug-likeness (QED) is 0.379. The van der Waals surface area contributed by atoms with Gasteiger partial charge in [0.15, 0.2) is 5.13 Å². The van der Waals surface area contributed by atoms with E-state index in [2.05, 4.69) is 36.5 Å². The predicted octanol–water partition coefficient (Wildman–Crippen LogP) is 4.81. The number of aromatic nitrogens is 2. The van der Waals surface area contributed by atoms with Gasteiger partial charge in [0, 0.05) is 51.0 Å². The summed E-state index contributed by atoms with van der Waals surface area (Å²) in [5.74, 6) is -0.401. The van der Waals surface area contributed by atoms with Gasteiger partial charge in [-0.1, -0.05) is 34.1 Å². The first-order valence-electron chi connectivity index (χ1n) is 8.96. The van der Waals surface area contributed by atoms with Gasteiger partial charge in [0.05, 0.1) is 5.69 Å². The van der Waals surface area contributed by atoms with Gasteiger partial charge in [0.25, 0.3) is 5.91 Å². The highest BCUT2D eigenvalue weighted by Crippen LogP contribution is 2.30. The molecule has 146 valence electrons. The average molecular weight is 469 g/mol. The van der Waals surface area contributed by atoms with Gasteiger partial charge in [-0.2, -0.15) is 0 Å². The van der Waals surface area contributed by atoms with Gasteiger partial charge in [-0.25, -0.2) is 4.98 Å². The number of H-pyrrole nitrogens is 1. The summed E-state index contributed by atoms with van der Waals surface area (Å²) in [6.07, 6.45) is 2.09. The van der Waals surface area contributed by atoms with Crippen LogP contribution in [0.3, 0.4) is 0 Å². The Kier molecular flexibility index (Phi) is 5.73. The lowest BCUT2D eigenvalue weighted by atomic mass is 10.1. The highest BCUT2D eigenvalue weighted by atomic mass is 79.9. The maximum Gasteiger partial charge on any atom is 0.251 e. The van der Waals surface area contributed by atoms with Gasteiger partial charge in [-0.3, -0.25) is 9.59 Å². The zero-order valence-electron chi connectivity index (χ0n) is 15.2. The van der Waals surface area contributed by atoms with Gasteiger partial charge in [-0.15, -0.1) is 11.3 Å². The number of carbonyl (C=O) groups excluding carboxylic acids is 2. The third kappa shape index (κ3) is 4.55. The van der Waals surface area contributed by atoms with Crippen molar-refractivity contribution >= 4 is 55.1 Å². The van der Waals surface area contributed by atoms with Crippen molar-refractivity contribution in [3.8, 4) is 11.3 Å². The molecular weight excluding hydrogens is 452 g/mol. The van der Waals surface area contributed by atoms with Crippen molar-refractivity contribution in [2.75, 3.05) is 11.9 Å². The van der Waals surface area contributed by atoms with Crippen LogP contribution in [0, 0.1) is 0 Å². The van der Waals surface area contributed by atoms with E-state index in [0.717, 1.165) is 26.6 Å². The second kappa shape index (κ2) is 8.59. The molecule has 0 fully saturated rings. The van der Waals surface area contributed by atoms with Crippen LogP contribution in [0.5, 0.6) is 0 Å². The zero-order chi connectivity index (χ0) is 20.2. The predicted molar refractivity (Wildman–Crippen MR) is 119 cm³/mol. The molecule has 3 N–H and O–H groups in total. The fraction of sp³-hybridized carbons (Fsp3) is 0.0952. The van der Waals surface area contributed by atoms with E-state index in [1.807, 2.05) is 35.8 Å². The highest BCUT2D eigenvalue weighted by Gasteiger charge is 2.12. The maximum absolute atomic E-state index is 12.2. The Balaban J connectivity index is 1.31. The van der Waals surface area contributed by atoms with Crippen LogP contribution >= 0.6 is 27.3 Å². The number of hydrogen-bond donors (Lipinski definition) is 3. The molecule has 4 rings (SSSR count). The molecule has 4 aromatic rings. The normalized spacial score (nSPS) is 10.8. The molecule has 8 heteroatoms. The minimum Gasteiger partial charge on any atom is -0.360 e. The number of fused-ring (bicyclic) bond motifs is 1. The Morgan fingerprint density at radius 2 is 1.90 bits per heavy atom. The molecule has 0 saturated carbocycles. The molecule has 2 heterocycles. The first kappa shape index (κ1) is 19.4. The lowest BCUT2D eigenvalue weighted by Crippen LogP contribution is -2.27. The molecule has 6 nitrogen and oxygen atoms in total. The van der Waals surface area contributed by atoms with Crippen molar-refractivity contribution in [2.24, 2.45) is 0 Å². The molecule has 2 aromatic carbocycles. The topological polar surface area (TPSA) is 86.9 Å². The molecule has 0 aliphatic carbocycles. The third-order valence-electron chi connectivity index (χ3n) is 4.36. The number of nitrogens with zero attached hydrogens (tertiary/aromatic N) is 1. The van der Waals surface area contributed by atoms with Crippen LogP contribution in [0.2, 0.25) is 0 Å². The standard InChI is InChI=1S/C21H17BrN4O2S/c22-14-7-5-13(6-8-14)20(28)23-10-9-19(27)26-21-25-18(12-29-21)16-11-24-17-4-2-1-3-15(16)17/h1-8,11-12,24H,9-10H2,(H,23,28)(H,25,26,27). The zero-order valence-corrected chi connectivity index (χ0v) is 17.6. The van der Waals surface area contributed by atoms with E-state index in [1.165, 1.54) is 11.3 Å². The molecule has 0 aliphatic heterocycles.